The van der Waals surface area contributed by atoms with Gasteiger partial charge < -0.3 is 4.74 Å². The Hall–Kier alpha value is -0.790. The molecular weight excluding hydrogens is 284 g/mol. The molecule has 4 aliphatic carbocycles. The van der Waals surface area contributed by atoms with Crippen molar-refractivity contribution in [1.82, 2.24) is 0 Å². The van der Waals surface area contributed by atoms with Gasteiger partial charge in [-0.1, -0.05) is 13.8 Å². The average Bonchev–Trinajstić information content (AvgIpc) is 2.85. The van der Waals surface area contributed by atoms with Gasteiger partial charge in [-0.3, -0.25) is 4.79 Å². The van der Waals surface area contributed by atoms with E-state index in [9.17, 15) is 4.79 Å². The summed E-state index contributed by atoms with van der Waals surface area (Å²) in [6.07, 6.45) is 11.7. The van der Waals surface area contributed by atoms with Gasteiger partial charge in [0, 0.05) is 18.3 Å². The summed E-state index contributed by atoms with van der Waals surface area (Å²) >= 11 is 0. The highest BCUT2D eigenvalue weighted by molar-refractivity contribution is 5.79. The molecule has 23 heavy (non-hydrogen) atoms. The average molecular weight is 316 g/mol. The number of carbonyl (C=O) groups excluding carboxylic acids is 1. The summed E-state index contributed by atoms with van der Waals surface area (Å²) in [5, 5.41) is 0. The SMILES string of the molecule is CCOC1=CC[C@H]2[C@@H]3CCC4CC(=O)CC[C@]4(C)[C@H]3CC[C@]12C. The van der Waals surface area contributed by atoms with Crippen LogP contribution in [-0.2, 0) is 9.53 Å². The minimum Gasteiger partial charge on any atom is -0.498 e. The van der Waals surface area contributed by atoms with Crippen molar-refractivity contribution in [3.05, 3.63) is 11.8 Å². The standard InChI is InChI=1S/C21H32O2/c1-4-23-19-8-7-17-16-6-5-14-13-15(22)9-11-20(14,2)18(16)10-12-21(17,19)3/h8,14,16-18H,4-7,9-13H2,1-3H3/t14?,16-,17-,18-,20-,21-/m0/s1. The molecule has 0 heterocycles. The molecule has 128 valence electrons. The molecule has 3 saturated carbocycles. The quantitative estimate of drug-likeness (QED) is 0.706. The third-order valence-electron chi connectivity index (χ3n) is 8.29. The van der Waals surface area contributed by atoms with Crippen molar-refractivity contribution in [3.63, 3.8) is 0 Å². The highest BCUT2D eigenvalue weighted by Crippen LogP contribution is 2.66. The molecule has 2 nitrogen and oxygen atoms in total. The van der Waals surface area contributed by atoms with Crippen molar-refractivity contribution in [2.24, 2.45) is 34.5 Å². The first-order valence-corrected chi connectivity index (χ1v) is 9.84. The van der Waals surface area contributed by atoms with Crippen LogP contribution < -0.4 is 0 Å². The van der Waals surface area contributed by atoms with E-state index in [2.05, 4.69) is 26.8 Å². The second-order valence-electron chi connectivity index (χ2n) is 9.09. The largest absolute Gasteiger partial charge is 0.498 e. The van der Waals surface area contributed by atoms with Gasteiger partial charge in [-0.15, -0.1) is 0 Å². The Morgan fingerprint density at radius 1 is 1.17 bits per heavy atom. The first kappa shape index (κ1) is 15.7. The molecule has 2 heteroatoms. The number of hydrogen-bond acceptors (Lipinski definition) is 2. The third kappa shape index (κ3) is 2.16. The normalized spacial score (nSPS) is 49.0. The zero-order chi connectivity index (χ0) is 16.2. The maximum Gasteiger partial charge on any atom is 0.133 e. The molecule has 0 aromatic heterocycles. The molecule has 1 unspecified atom stereocenters. The Bertz CT molecular complexity index is 536. The van der Waals surface area contributed by atoms with Crippen LogP contribution in [0.25, 0.3) is 0 Å². The fourth-order valence-electron chi connectivity index (χ4n) is 6.95. The number of carbonyl (C=O) groups is 1. The summed E-state index contributed by atoms with van der Waals surface area (Å²) < 4.78 is 6.02. The van der Waals surface area contributed by atoms with Gasteiger partial charge in [-0.05, 0) is 80.6 Å². The zero-order valence-corrected chi connectivity index (χ0v) is 15.1. The molecule has 0 amide bonds. The number of ketones is 1. The zero-order valence-electron chi connectivity index (χ0n) is 15.1. The predicted molar refractivity (Wildman–Crippen MR) is 91.8 cm³/mol. The van der Waals surface area contributed by atoms with Gasteiger partial charge in [0.15, 0.2) is 0 Å². The van der Waals surface area contributed by atoms with Crippen LogP contribution in [-0.4, -0.2) is 12.4 Å². The lowest BCUT2D eigenvalue weighted by Gasteiger charge is -2.59. The van der Waals surface area contributed by atoms with Gasteiger partial charge in [0.1, 0.15) is 5.78 Å². The van der Waals surface area contributed by atoms with Crippen molar-refractivity contribution < 1.29 is 9.53 Å². The van der Waals surface area contributed by atoms with Crippen molar-refractivity contribution in [2.75, 3.05) is 6.61 Å². The van der Waals surface area contributed by atoms with Gasteiger partial charge >= 0.3 is 0 Å². The van der Waals surface area contributed by atoms with E-state index in [4.69, 9.17) is 4.74 Å². The number of hydrogen-bond donors (Lipinski definition) is 0. The molecule has 0 radical (unpaired) electrons. The fraction of sp³-hybridized carbons (Fsp3) is 0.857. The van der Waals surface area contributed by atoms with E-state index in [1.165, 1.54) is 37.9 Å². The van der Waals surface area contributed by atoms with Gasteiger partial charge in [0.2, 0.25) is 0 Å². The van der Waals surface area contributed by atoms with Gasteiger partial charge in [-0.2, -0.15) is 0 Å². The van der Waals surface area contributed by atoms with Crippen molar-refractivity contribution in [2.45, 2.75) is 72.1 Å². The second-order valence-corrected chi connectivity index (χ2v) is 9.09. The Balaban J connectivity index is 1.60. The molecule has 0 saturated heterocycles. The summed E-state index contributed by atoms with van der Waals surface area (Å²) in [5.74, 6) is 4.93. The topological polar surface area (TPSA) is 26.3 Å². The highest BCUT2D eigenvalue weighted by Gasteiger charge is 2.59. The maximum absolute atomic E-state index is 11.9. The van der Waals surface area contributed by atoms with E-state index < -0.39 is 0 Å². The Labute approximate surface area is 141 Å². The Kier molecular flexibility index (Phi) is 3.66. The number of ether oxygens (including phenoxy) is 1. The lowest BCUT2D eigenvalue weighted by Crippen LogP contribution is -2.53. The van der Waals surface area contributed by atoms with E-state index in [-0.39, 0.29) is 5.41 Å². The molecule has 4 rings (SSSR count). The smallest absolute Gasteiger partial charge is 0.133 e. The van der Waals surface area contributed by atoms with Crippen LogP contribution in [0.1, 0.15) is 72.1 Å². The van der Waals surface area contributed by atoms with Crippen LogP contribution in [0.15, 0.2) is 11.8 Å². The van der Waals surface area contributed by atoms with E-state index >= 15 is 0 Å². The predicted octanol–water partition coefficient (Wildman–Crippen LogP) is 5.13. The van der Waals surface area contributed by atoms with E-state index in [0.717, 1.165) is 43.6 Å². The van der Waals surface area contributed by atoms with Crippen LogP contribution in [0.2, 0.25) is 0 Å². The number of rotatable bonds is 2. The first-order chi connectivity index (χ1) is 11.0. The minimum absolute atomic E-state index is 0.283. The van der Waals surface area contributed by atoms with Crippen molar-refractivity contribution in [3.8, 4) is 0 Å². The molecule has 0 aromatic carbocycles. The Morgan fingerprint density at radius 2 is 2.00 bits per heavy atom. The van der Waals surface area contributed by atoms with Crippen LogP contribution in [0.5, 0.6) is 0 Å². The van der Waals surface area contributed by atoms with Crippen LogP contribution >= 0.6 is 0 Å². The number of allylic oxidation sites excluding steroid dienone is 2. The lowest BCUT2D eigenvalue weighted by atomic mass is 9.45. The fourth-order valence-corrected chi connectivity index (χ4v) is 6.95. The van der Waals surface area contributed by atoms with Crippen LogP contribution in [0.3, 0.4) is 0 Å². The molecule has 0 spiro atoms. The molecule has 4 aliphatic rings. The Morgan fingerprint density at radius 3 is 2.78 bits per heavy atom. The molecule has 3 fully saturated rings. The lowest BCUT2D eigenvalue weighted by molar-refractivity contribution is -0.138. The van der Waals surface area contributed by atoms with Gasteiger partial charge in [-0.25, -0.2) is 0 Å². The van der Waals surface area contributed by atoms with Crippen molar-refractivity contribution >= 4 is 5.78 Å². The summed E-state index contributed by atoms with van der Waals surface area (Å²) in [7, 11) is 0. The van der Waals surface area contributed by atoms with E-state index in [0.29, 0.717) is 17.1 Å². The number of Topliss-reactive ketones (excluding diaryl/α,β-unsaturated/α-hetero) is 1. The summed E-state index contributed by atoms with van der Waals surface area (Å²) in [4.78, 5) is 11.9. The minimum atomic E-state index is 0.283. The van der Waals surface area contributed by atoms with Crippen LogP contribution in [0, 0.1) is 34.5 Å². The molecule has 0 aliphatic heterocycles. The molecule has 0 bridgehead atoms. The summed E-state index contributed by atoms with van der Waals surface area (Å²) in [5.41, 5.74) is 0.706. The van der Waals surface area contributed by atoms with Gasteiger partial charge in [0.05, 0.1) is 12.4 Å². The van der Waals surface area contributed by atoms with Crippen LogP contribution in [0.4, 0.5) is 0 Å². The van der Waals surface area contributed by atoms with E-state index in [1.807, 2.05) is 0 Å². The first-order valence-electron chi connectivity index (χ1n) is 9.84. The molecule has 0 N–H and O–H groups in total. The third-order valence-corrected chi connectivity index (χ3v) is 8.29. The van der Waals surface area contributed by atoms with Crippen molar-refractivity contribution in [1.29, 1.82) is 0 Å². The van der Waals surface area contributed by atoms with Gasteiger partial charge in [0.25, 0.3) is 0 Å². The van der Waals surface area contributed by atoms with E-state index in [1.54, 1.807) is 0 Å². The summed E-state index contributed by atoms with van der Waals surface area (Å²) in [6.45, 7) is 7.88. The molecular formula is C21H32O2. The molecule has 6 atom stereocenters. The maximum atomic E-state index is 11.9. The highest BCUT2D eigenvalue weighted by atomic mass is 16.5. The second kappa shape index (κ2) is 5.36. The monoisotopic (exact) mass is 316 g/mol. The number of fused-ring (bicyclic) bond motifs is 5. The summed E-state index contributed by atoms with van der Waals surface area (Å²) in [6, 6.07) is 0. The molecule has 0 aromatic rings.